The van der Waals surface area contributed by atoms with E-state index in [-0.39, 0.29) is 0 Å². The Morgan fingerprint density at radius 1 is 1.12 bits per heavy atom. The third kappa shape index (κ3) is 2.97. The third-order valence-electron chi connectivity index (χ3n) is 3.69. The van der Waals surface area contributed by atoms with Crippen LogP contribution in [0.15, 0.2) is 58.7 Å². The lowest BCUT2D eigenvalue weighted by atomic mass is 10.2. The number of thioether (sulfide) groups is 2. The monoisotopic (exact) mass is 372 g/mol. The lowest BCUT2D eigenvalue weighted by molar-refractivity contribution is 0.921. The highest BCUT2D eigenvalue weighted by Crippen LogP contribution is 2.29. The van der Waals surface area contributed by atoms with Gasteiger partial charge in [-0.05, 0) is 36.6 Å². The van der Waals surface area contributed by atoms with Crippen LogP contribution in [0.2, 0.25) is 5.15 Å². The molecule has 4 nitrogen and oxygen atoms in total. The van der Waals surface area contributed by atoms with E-state index in [1.54, 1.807) is 23.5 Å². The fourth-order valence-electron chi connectivity index (χ4n) is 2.46. The minimum atomic E-state index is 0.544. The van der Waals surface area contributed by atoms with Crippen molar-refractivity contribution in [1.82, 2.24) is 19.6 Å². The van der Waals surface area contributed by atoms with Crippen molar-refractivity contribution in [3.63, 3.8) is 0 Å². The molecular formula is C17H13ClN4S2. The Labute approximate surface area is 152 Å². The molecule has 0 bridgehead atoms. The summed E-state index contributed by atoms with van der Waals surface area (Å²) in [6.07, 6.45) is 4.01. The average molecular weight is 373 g/mol. The molecule has 7 heteroatoms. The predicted molar refractivity (Wildman–Crippen MR) is 101 cm³/mol. The molecule has 3 heterocycles. The smallest absolute Gasteiger partial charge is 0.195 e. The van der Waals surface area contributed by atoms with E-state index in [1.165, 1.54) is 4.90 Å². The summed E-state index contributed by atoms with van der Waals surface area (Å²) in [4.78, 5) is 5.73. The van der Waals surface area contributed by atoms with Crippen molar-refractivity contribution in [2.75, 3.05) is 6.26 Å². The average Bonchev–Trinajstić information content (AvgIpc) is 3.02. The highest BCUT2D eigenvalue weighted by atomic mass is 35.5. The first-order valence-corrected chi connectivity index (χ1v) is 9.89. The molecule has 4 rings (SSSR count). The maximum absolute atomic E-state index is 6.38. The van der Waals surface area contributed by atoms with E-state index < -0.39 is 0 Å². The van der Waals surface area contributed by atoms with Crippen LogP contribution in [0.4, 0.5) is 0 Å². The Bertz CT molecular complexity index is 1030. The van der Waals surface area contributed by atoms with E-state index in [0.717, 1.165) is 27.3 Å². The zero-order valence-electron chi connectivity index (χ0n) is 12.8. The van der Waals surface area contributed by atoms with Crippen molar-refractivity contribution in [2.45, 2.75) is 15.8 Å². The molecule has 0 aliphatic carbocycles. The molecular weight excluding hydrogens is 360 g/mol. The van der Waals surface area contributed by atoms with Crippen molar-refractivity contribution in [3.8, 4) is 0 Å². The van der Waals surface area contributed by atoms with Gasteiger partial charge in [0.15, 0.2) is 10.8 Å². The zero-order chi connectivity index (χ0) is 16.5. The Morgan fingerprint density at radius 2 is 2.04 bits per heavy atom. The van der Waals surface area contributed by atoms with Gasteiger partial charge in [-0.3, -0.25) is 4.40 Å². The fraction of sp³-hybridized carbons (Fsp3) is 0.118. The first kappa shape index (κ1) is 15.7. The van der Waals surface area contributed by atoms with Gasteiger partial charge < -0.3 is 0 Å². The molecule has 0 N–H and O–H groups in total. The minimum Gasteiger partial charge on any atom is -0.277 e. The number of nitrogens with zero attached hydrogens (tertiary/aromatic N) is 4. The lowest BCUT2D eigenvalue weighted by Crippen LogP contribution is -1.91. The SMILES string of the molecule is CSc1ccc2cc(CSc3nnc4ccccn34)c(Cl)nc2c1. The summed E-state index contributed by atoms with van der Waals surface area (Å²) >= 11 is 9.68. The highest BCUT2D eigenvalue weighted by Gasteiger charge is 2.10. The predicted octanol–water partition coefficient (Wildman–Crippen LogP) is 4.95. The second-order valence-corrected chi connectivity index (χ2v) is 7.38. The van der Waals surface area contributed by atoms with Gasteiger partial charge >= 0.3 is 0 Å². The number of hydrogen-bond acceptors (Lipinski definition) is 5. The van der Waals surface area contributed by atoms with Gasteiger partial charge in [-0.25, -0.2) is 4.98 Å². The summed E-state index contributed by atoms with van der Waals surface area (Å²) in [6, 6.07) is 14.2. The Hall–Kier alpha value is -1.76. The largest absolute Gasteiger partial charge is 0.277 e. The van der Waals surface area contributed by atoms with Crippen molar-refractivity contribution in [2.24, 2.45) is 0 Å². The van der Waals surface area contributed by atoms with Crippen LogP contribution in [0.3, 0.4) is 0 Å². The molecule has 0 aliphatic rings. The molecule has 0 unspecified atom stereocenters. The van der Waals surface area contributed by atoms with E-state index in [1.807, 2.05) is 28.8 Å². The summed E-state index contributed by atoms with van der Waals surface area (Å²) in [5.41, 5.74) is 2.76. The van der Waals surface area contributed by atoms with Crippen LogP contribution in [0.25, 0.3) is 16.6 Å². The summed E-state index contributed by atoms with van der Waals surface area (Å²) in [5.74, 6) is 0.696. The second-order valence-electron chi connectivity index (χ2n) is 5.20. The van der Waals surface area contributed by atoms with Gasteiger partial charge in [-0.1, -0.05) is 35.5 Å². The lowest BCUT2D eigenvalue weighted by Gasteiger charge is -2.06. The fourth-order valence-corrected chi connectivity index (χ4v) is 4.08. The molecule has 0 fully saturated rings. The van der Waals surface area contributed by atoms with Crippen LogP contribution in [0.5, 0.6) is 0 Å². The quantitative estimate of drug-likeness (QED) is 0.374. The maximum atomic E-state index is 6.38. The van der Waals surface area contributed by atoms with E-state index in [0.29, 0.717) is 10.9 Å². The van der Waals surface area contributed by atoms with E-state index >= 15 is 0 Å². The van der Waals surface area contributed by atoms with Gasteiger partial charge in [0.2, 0.25) is 0 Å². The Balaban J connectivity index is 1.63. The molecule has 0 saturated heterocycles. The molecule has 0 amide bonds. The van der Waals surface area contributed by atoms with E-state index in [2.05, 4.69) is 45.7 Å². The van der Waals surface area contributed by atoms with Crippen LogP contribution in [-0.2, 0) is 5.75 Å². The summed E-state index contributed by atoms with van der Waals surface area (Å²) in [6.45, 7) is 0. The minimum absolute atomic E-state index is 0.544. The number of fused-ring (bicyclic) bond motifs is 2. The first-order valence-electron chi connectivity index (χ1n) is 7.30. The molecule has 0 radical (unpaired) electrons. The molecule has 0 saturated carbocycles. The number of hydrogen-bond donors (Lipinski definition) is 0. The number of halogens is 1. The Morgan fingerprint density at radius 3 is 2.92 bits per heavy atom. The highest BCUT2D eigenvalue weighted by molar-refractivity contribution is 7.98. The van der Waals surface area contributed by atoms with Crippen molar-refractivity contribution in [1.29, 1.82) is 0 Å². The van der Waals surface area contributed by atoms with Gasteiger partial charge in [0.25, 0.3) is 0 Å². The summed E-state index contributed by atoms with van der Waals surface area (Å²) < 4.78 is 1.97. The van der Waals surface area contributed by atoms with Crippen LogP contribution in [0, 0.1) is 0 Å². The van der Waals surface area contributed by atoms with Gasteiger partial charge in [-0.15, -0.1) is 22.0 Å². The van der Waals surface area contributed by atoms with Crippen LogP contribution >= 0.6 is 35.1 Å². The third-order valence-corrected chi connectivity index (χ3v) is 5.73. The van der Waals surface area contributed by atoms with Crippen molar-refractivity contribution in [3.05, 3.63) is 59.4 Å². The summed E-state index contributed by atoms with van der Waals surface area (Å²) in [5, 5.41) is 10.9. The molecule has 0 spiro atoms. The number of rotatable bonds is 4. The molecule has 1 aromatic carbocycles. The van der Waals surface area contributed by atoms with Crippen LogP contribution < -0.4 is 0 Å². The first-order chi connectivity index (χ1) is 11.7. The van der Waals surface area contributed by atoms with Gasteiger partial charge in [0.05, 0.1) is 5.52 Å². The standard InChI is InChI=1S/C17H13ClN4S2/c1-23-13-6-5-11-8-12(16(18)19-14(11)9-13)10-24-17-21-20-15-4-2-3-7-22(15)17/h2-9H,10H2,1H3. The number of benzene rings is 1. The molecule has 4 aromatic rings. The van der Waals surface area contributed by atoms with Gasteiger partial charge in [0, 0.05) is 27.8 Å². The normalized spacial score (nSPS) is 11.4. The van der Waals surface area contributed by atoms with Crippen molar-refractivity contribution >= 4 is 51.7 Å². The second kappa shape index (κ2) is 6.63. The van der Waals surface area contributed by atoms with E-state index in [9.17, 15) is 0 Å². The molecule has 0 atom stereocenters. The molecule has 24 heavy (non-hydrogen) atoms. The molecule has 120 valence electrons. The van der Waals surface area contributed by atoms with Crippen molar-refractivity contribution < 1.29 is 0 Å². The van der Waals surface area contributed by atoms with E-state index in [4.69, 9.17) is 11.6 Å². The number of pyridine rings is 2. The topological polar surface area (TPSA) is 43.1 Å². The summed E-state index contributed by atoms with van der Waals surface area (Å²) in [7, 11) is 0. The van der Waals surface area contributed by atoms with Crippen LogP contribution in [-0.4, -0.2) is 25.8 Å². The molecule has 0 aliphatic heterocycles. The van der Waals surface area contributed by atoms with Gasteiger partial charge in [-0.2, -0.15) is 0 Å². The number of aromatic nitrogens is 4. The van der Waals surface area contributed by atoms with Crippen LogP contribution in [0.1, 0.15) is 5.56 Å². The van der Waals surface area contributed by atoms with Gasteiger partial charge in [0.1, 0.15) is 5.15 Å². The zero-order valence-corrected chi connectivity index (χ0v) is 15.2. The maximum Gasteiger partial charge on any atom is 0.195 e. The Kier molecular flexibility index (Phi) is 4.35. The molecule has 3 aromatic heterocycles.